The van der Waals surface area contributed by atoms with Crippen LogP contribution in [0, 0.1) is 5.82 Å². The zero-order valence-corrected chi connectivity index (χ0v) is 15.0. The van der Waals surface area contributed by atoms with Gasteiger partial charge in [0.1, 0.15) is 11.6 Å². The van der Waals surface area contributed by atoms with Crippen molar-refractivity contribution < 1.29 is 9.13 Å². The lowest BCUT2D eigenvalue weighted by Crippen LogP contribution is -2.34. The van der Waals surface area contributed by atoms with E-state index in [1.165, 1.54) is 6.07 Å². The fourth-order valence-corrected chi connectivity index (χ4v) is 4.01. The summed E-state index contributed by atoms with van der Waals surface area (Å²) < 4.78 is 19.0. The molecule has 6 heteroatoms. The van der Waals surface area contributed by atoms with Crippen molar-refractivity contribution in [2.45, 2.75) is 24.3 Å². The quantitative estimate of drug-likeness (QED) is 0.767. The Labute approximate surface area is 151 Å². The second-order valence-corrected chi connectivity index (χ2v) is 6.97. The third-order valence-corrected chi connectivity index (χ3v) is 5.08. The Bertz CT molecular complexity index is 721. The average molecular weight is 362 g/mol. The van der Waals surface area contributed by atoms with Crippen molar-refractivity contribution in [2.75, 3.05) is 17.7 Å². The molecular weight excluding hydrogens is 343 g/mol. The highest BCUT2D eigenvalue weighted by Gasteiger charge is 2.21. The number of nitrogens with one attached hydrogen (secondary N) is 2. The summed E-state index contributed by atoms with van der Waals surface area (Å²) in [4.78, 5) is 1.11. The first kappa shape index (κ1) is 17.0. The summed E-state index contributed by atoms with van der Waals surface area (Å²) in [6.45, 7) is 2.59. The SMILES string of the molecule is CCOc1ccc(NC(=S)N[C@H]2CCSc3ccc(F)cc32)cc1. The molecule has 3 rings (SSSR count). The molecule has 0 spiro atoms. The lowest BCUT2D eigenvalue weighted by molar-refractivity contribution is 0.340. The maximum atomic E-state index is 13.6. The van der Waals surface area contributed by atoms with E-state index >= 15 is 0 Å². The van der Waals surface area contributed by atoms with E-state index in [1.807, 2.05) is 37.3 Å². The second kappa shape index (κ2) is 7.85. The van der Waals surface area contributed by atoms with Crippen LogP contribution in [0.15, 0.2) is 47.4 Å². The number of thiocarbonyl (C=S) groups is 1. The Balaban J connectivity index is 1.64. The Morgan fingerprint density at radius 1 is 1.29 bits per heavy atom. The van der Waals surface area contributed by atoms with E-state index in [2.05, 4.69) is 10.6 Å². The van der Waals surface area contributed by atoms with E-state index in [-0.39, 0.29) is 11.9 Å². The second-order valence-electron chi connectivity index (χ2n) is 5.43. The van der Waals surface area contributed by atoms with Crippen LogP contribution in [-0.4, -0.2) is 17.5 Å². The number of fused-ring (bicyclic) bond motifs is 1. The maximum Gasteiger partial charge on any atom is 0.171 e. The zero-order valence-electron chi connectivity index (χ0n) is 13.3. The van der Waals surface area contributed by atoms with Gasteiger partial charge in [0.05, 0.1) is 12.6 Å². The lowest BCUT2D eigenvalue weighted by atomic mass is 10.0. The van der Waals surface area contributed by atoms with Crippen LogP contribution in [0.2, 0.25) is 0 Å². The molecule has 0 aromatic heterocycles. The molecule has 1 heterocycles. The largest absolute Gasteiger partial charge is 0.494 e. The molecule has 0 amide bonds. The Morgan fingerprint density at radius 2 is 2.08 bits per heavy atom. The molecule has 0 fully saturated rings. The molecule has 2 N–H and O–H groups in total. The predicted molar refractivity (Wildman–Crippen MR) is 101 cm³/mol. The summed E-state index contributed by atoms with van der Waals surface area (Å²) >= 11 is 7.16. The van der Waals surface area contributed by atoms with Crippen LogP contribution in [0.5, 0.6) is 5.75 Å². The molecule has 126 valence electrons. The minimum atomic E-state index is -0.214. The topological polar surface area (TPSA) is 33.3 Å². The van der Waals surface area contributed by atoms with Crippen molar-refractivity contribution in [3.63, 3.8) is 0 Å². The summed E-state index contributed by atoms with van der Waals surface area (Å²) in [7, 11) is 0. The van der Waals surface area contributed by atoms with E-state index in [9.17, 15) is 4.39 Å². The third kappa shape index (κ3) is 4.19. The minimum absolute atomic E-state index is 0.0275. The highest BCUT2D eigenvalue weighted by molar-refractivity contribution is 7.99. The number of rotatable bonds is 4. The van der Waals surface area contributed by atoms with Crippen molar-refractivity contribution in [1.29, 1.82) is 0 Å². The normalized spacial score (nSPS) is 16.2. The predicted octanol–water partition coefficient (Wildman–Crippen LogP) is 4.75. The molecule has 1 aliphatic rings. The number of anilines is 1. The van der Waals surface area contributed by atoms with Crippen molar-refractivity contribution in [3.05, 3.63) is 53.8 Å². The molecule has 0 bridgehead atoms. The summed E-state index contributed by atoms with van der Waals surface area (Å²) in [5.41, 5.74) is 1.86. The number of ether oxygens (including phenoxy) is 1. The van der Waals surface area contributed by atoms with Crippen LogP contribution in [-0.2, 0) is 0 Å². The number of halogens is 1. The smallest absolute Gasteiger partial charge is 0.171 e. The Kier molecular flexibility index (Phi) is 5.58. The summed E-state index contributed by atoms with van der Waals surface area (Å²) in [5, 5.41) is 7.00. The molecule has 0 saturated heterocycles. The highest BCUT2D eigenvalue weighted by atomic mass is 32.2. The molecule has 0 radical (unpaired) electrons. The van der Waals surface area contributed by atoms with E-state index in [4.69, 9.17) is 17.0 Å². The molecular formula is C18H19FN2OS2. The van der Waals surface area contributed by atoms with Gasteiger partial charge < -0.3 is 15.4 Å². The molecule has 0 unspecified atom stereocenters. The third-order valence-electron chi connectivity index (χ3n) is 3.74. The van der Waals surface area contributed by atoms with E-state index in [1.54, 1.807) is 17.8 Å². The van der Waals surface area contributed by atoms with Crippen molar-refractivity contribution in [1.82, 2.24) is 5.32 Å². The first-order valence-electron chi connectivity index (χ1n) is 7.88. The molecule has 24 heavy (non-hydrogen) atoms. The molecule has 2 aromatic carbocycles. The molecule has 1 aliphatic heterocycles. The van der Waals surface area contributed by atoms with Gasteiger partial charge in [0.2, 0.25) is 0 Å². The number of benzene rings is 2. The Hall–Kier alpha value is -1.79. The van der Waals surface area contributed by atoms with Crippen molar-refractivity contribution in [3.8, 4) is 5.75 Å². The molecule has 1 atom stereocenters. The fourth-order valence-electron chi connectivity index (χ4n) is 2.64. The van der Waals surface area contributed by atoms with Gasteiger partial charge in [0, 0.05) is 16.3 Å². The molecule has 0 saturated carbocycles. The molecule has 2 aromatic rings. The number of hydrogen-bond acceptors (Lipinski definition) is 3. The van der Waals surface area contributed by atoms with Crippen LogP contribution < -0.4 is 15.4 Å². The molecule has 0 aliphatic carbocycles. The van der Waals surface area contributed by atoms with Crippen LogP contribution in [0.1, 0.15) is 24.9 Å². The lowest BCUT2D eigenvalue weighted by Gasteiger charge is -2.27. The summed E-state index contributed by atoms with van der Waals surface area (Å²) in [6, 6.07) is 12.6. The van der Waals surface area contributed by atoms with Crippen LogP contribution in [0.25, 0.3) is 0 Å². The van der Waals surface area contributed by atoms with Gasteiger partial charge in [0.15, 0.2) is 5.11 Å². The number of hydrogen-bond donors (Lipinski definition) is 2. The highest BCUT2D eigenvalue weighted by Crippen LogP contribution is 2.36. The van der Waals surface area contributed by atoms with Gasteiger partial charge >= 0.3 is 0 Å². The van der Waals surface area contributed by atoms with E-state index < -0.39 is 0 Å². The monoisotopic (exact) mass is 362 g/mol. The van der Waals surface area contributed by atoms with Gasteiger partial charge in [0.25, 0.3) is 0 Å². The zero-order chi connectivity index (χ0) is 16.9. The maximum absolute atomic E-state index is 13.6. The van der Waals surface area contributed by atoms with E-state index in [0.29, 0.717) is 11.7 Å². The van der Waals surface area contributed by atoms with Gasteiger partial charge in [-0.1, -0.05) is 0 Å². The standard InChI is InChI=1S/C18H19FN2OS2/c1-2-22-14-6-4-13(5-7-14)20-18(23)21-16-9-10-24-17-8-3-12(19)11-15(16)17/h3-8,11,16H,2,9-10H2,1H3,(H2,20,21,23)/t16-/m0/s1. The van der Waals surface area contributed by atoms with Crippen molar-refractivity contribution in [2.24, 2.45) is 0 Å². The van der Waals surface area contributed by atoms with Crippen molar-refractivity contribution >= 4 is 34.8 Å². The average Bonchev–Trinajstić information content (AvgIpc) is 2.57. The van der Waals surface area contributed by atoms with Crippen LogP contribution in [0.3, 0.4) is 0 Å². The fraction of sp³-hybridized carbons (Fsp3) is 0.278. The van der Waals surface area contributed by atoms with Gasteiger partial charge in [-0.3, -0.25) is 0 Å². The van der Waals surface area contributed by atoms with Crippen LogP contribution >= 0.6 is 24.0 Å². The van der Waals surface area contributed by atoms with Gasteiger partial charge in [-0.2, -0.15) is 0 Å². The summed E-state index contributed by atoms with van der Waals surface area (Å²) in [5.74, 6) is 1.60. The minimum Gasteiger partial charge on any atom is -0.494 e. The van der Waals surface area contributed by atoms with Gasteiger partial charge in [-0.15, -0.1) is 11.8 Å². The van der Waals surface area contributed by atoms with E-state index in [0.717, 1.165) is 34.1 Å². The first-order valence-corrected chi connectivity index (χ1v) is 9.27. The first-order chi connectivity index (χ1) is 11.7. The summed E-state index contributed by atoms with van der Waals surface area (Å²) in [6.07, 6.45) is 0.909. The number of thioether (sulfide) groups is 1. The molecule has 3 nitrogen and oxygen atoms in total. The van der Waals surface area contributed by atoms with Gasteiger partial charge in [-0.05, 0) is 73.6 Å². The van der Waals surface area contributed by atoms with Gasteiger partial charge in [-0.25, -0.2) is 4.39 Å². The Morgan fingerprint density at radius 3 is 2.83 bits per heavy atom. The van der Waals surface area contributed by atoms with Crippen LogP contribution in [0.4, 0.5) is 10.1 Å².